The second-order valence-electron chi connectivity index (χ2n) is 4.04. The summed E-state index contributed by atoms with van der Waals surface area (Å²) in [4.78, 5) is 0. The number of alkyl halides is 3. The molecular formula is C7H5BBrCl2F14ILi10O8PS+. The first-order valence-corrected chi connectivity index (χ1v) is 10.6. The largest absolute Gasteiger partial charge is 1.00 e. The van der Waals surface area contributed by atoms with E-state index >= 15 is 0 Å². The molecule has 8 nitrogen and oxygen atoms in total. The van der Waals surface area contributed by atoms with Gasteiger partial charge in [-0.25, -0.2) is 27.1 Å². The van der Waals surface area contributed by atoms with Crippen molar-refractivity contribution in [2.24, 2.45) is 0 Å². The summed E-state index contributed by atoms with van der Waals surface area (Å²) in [5, 5.41) is 10.3. The van der Waals surface area contributed by atoms with Crippen molar-refractivity contribution in [1.82, 2.24) is 0 Å². The minimum atomic E-state index is -10.7. The monoisotopic (exact) mass is 903 g/mol. The smallest absolute Gasteiger partial charge is 1.00 e. The van der Waals surface area contributed by atoms with Gasteiger partial charge in [0.25, 0.3) is 0 Å². The van der Waals surface area contributed by atoms with Crippen LogP contribution in [0.15, 0.2) is 30.3 Å². The van der Waals surface area contributed by atoms with Gasteiger partial charge in [-0.15, -0.1) is 16.0 Å². The van der Waals surface area contributed by atoms with Crippen molar-refractivity contribution in [3.8, 4) is 5.75 Å². The van der Waals surface area contributed by atoms with Crippen molar-refractivity contribution < 1.29 is 349 Å². The minimum absolute atomic E-state index is 0. The molecule has 1 aromatic carbocycles. The van der Waals surface area contributed by atoms with Crippen molar-refractivity contribution in [3.63, 3.8) is 0 Å². The topological polar surface area (TPSA) is 172 Å². The summed E-state index contributed by atoms with van der Waals surface area (Å²) >= 11 is 0. The normalized spacial score (nSPS) is 9.87. The molecule has 0 bridgehead atoms. The van der Waals surface area contributed by atoms with Crippen LogP contribution >= 0.6 is 7.81 Å². The van der Waals surface area contributed by atoms with Gasteiger partial charge in [0.1, 0.15) is 0 Å². The van der Waals surface area contributed by atoms with E-state index in [1.807, 2.05) is 6.07 Å². The molecule has 0 aliphatic rings. The predicted octanol–water partition coefficient (Wildman–Crippen LogP) is -41.2. The summed E-state index contributed by atoms with van der Waals surface area (Å²) < 4.78 is 191. The van der Waals surface area contributed by atoms with Gasteiger partial charge in [-0.1, -0.05) is 30.3 Å². The molecule has 0 aliphatic heterocycles. The average Bonchev–Trinajstić information content (AvgIpc) is 2.29. The number of benzene rings is 1. The molecule has 230 valence electrons. The molecular weight excluding hydrogens is 899 g/mol. The Balaban J connectivity index is -0.0000000125. The number of hydrogen-bond donors (Lipinski definition) is 0. The van der Waals surface area contributed by atoms with Gasteiger partial charge in [0.2, 0.25) is 0 Å². The fraction of sp³-hybridized carbons (Fsp3) is 0.143. The molecule has 0 fully saturated rings. The van der Waals surface area contributed by atoms with Gasteiger partial charge in [-0.3, -0.25) is 0 Å². The molecule has 0 aliphatic carbocycles. The van der Waals surface area contributed by atoms with Crippen molar-refractivity contribution in [2.45, 2.75) is 5.51 Å². The van der Waals surface area contributed by atoms with Crippen LogP contribution < -0.4 is 270 Å². The number of halogens is 18. The number of para-hydroxylation sites is 1. The van der Waals surface area contributed by atoms with Gasteiger partial charge in [0.15, 0.2) is 10.1 Å². The van der Waals surface area contributed by atoms with Crippen molar-refractivity contribution in [1.29, 1.82) is 0 Å². The first kappa shape index (κ1) is 117. The molecule has 0 amide bonds. The van der Waals surface area contributed by atoms with Gasteiger partial charge in [0, 0.05) is 0 Å². The Morgan fingerprint density at radius 2 is 0.761 bits per heavy atom. The van der Waals surface area contributed by atoms with Gasteiger partial charge in [-0.2, -0.15) is 13.2 Å². The molecule has 1 aromatic rings. The zero-order chi connectivity index (χ0) is 27.5. The molecule has 0 heterocycles. The summed E-state index contributed by atoms with van der Waals surface area (Å²) in [6, 6.07) is 8.33. The van der Waals surface area contributed by atoms with E-state index in [1.54, 1.807) is 12.1 Å². The third-order valence-electron chi connectivity index (χ3n) is 1.03. The minimum Gasteiger partial charge on any atom is -1.00 e. The van der Waals surface area contributed by atoms with E-state index in [0.717, 1.165) is 0 Å². The quantitative estimate of drug-likeness (QED) is 0.0618. The van der Waals surface area contributed by atoms with Crippen molar-refractivity contribution in [3.05, 3.63) is 30.3 Å². The Morgan fingerprint density at radius 1 is 0.652 bits per heavy atom. The molecule has 0 atom stereocenters. The molecule has 0 N–H and O–H groups in total. The fourth-order valence-electron chi connectivity index (χ4n) is 0.420. The summed E-state index contributed by atoms with van der Waals surface area (Å²) in [7, 11) is -27.7. The van der Waals surface area contributed by atoms with E-state index in [2.05, 4.69) is 0 Å². The van der Waals surface area contributed by atoms with E-state index in [4.69, 9.17) is 31.6 Å². The summed E-state index contributed by atoms with van der Waals surface area (Å²) in [6.45, 7) is 0. The van der Waals surface area contributed by atoms with Crippen LogP contribution in [-0.4, -0.2) is 25.7 Å². The van der Waals surface area contributed by atoms with Crippen LogP contribution in [0.4, 0.5) is 55.6 Å². The van der Waals surface area contributed by atoms with Crippen LogP contribution in [0.5, 0.6) is 5.75 Å². The van der Waals surface area contributed by atoms with Crippen molar-refractivity contribution >= 4 is 25.2 Å². The predicted molar refractivity (Wildman–Crippen MR) is 65.4 cm³/mol. The first-order valence-electron chi connectivity index (χ1n) is 5.89. The zero-order valence-corrected chi connectivity index (χ0v) is 32.4. The van der Waals surface area contributed by atoms with Gasteiger partial charge >= 0.3 is 234 Å². The summed E-state index contributed by atoms with van der Waals surface area (Å²) in [6.07, 6.45) is 0. The third kappa shape index (κ3) is 227. The first-order chi connectivity index (χ1) is 13.1. The molecule has 0 spiro atoms. The average molecular weight is 904 g/mol. The second kappa shape index (κ2) is 45.4. The Hall–Kier alpha value is 6.05. The van der Waals surface area contributed by atoms with E-state index in [0.29, 0.717) is 0 Å². The Bertz CT molecular complexity index is 765. The van der Waals surface area contributed by atoms with Crippen LogP contribution in [-0.2, 0) is 10.1 Å². The molecule has 0 unspecified atom stereocenters. The van der Waals surface area contributed by atoms with Crippen molar-refractivity contribution in [2.75, 3.05) is 0 Å². The maximum atomic E-state index is 10.7. The van der Waals surface area contributed by atoms with Crippen LogP contribution in [0.2, 0.25) is 0 Å². The summed E-state index contributed by atoms with van der Waals surface area (Å²) in [5.74, 6) is 0.0718. The number of hydrogen-bond acceptors (Lipinski definition) is 8. The summed E-state index contributed by atoms with van der Waals surface area (Å²) in [5.41, 5.74) is -5.65. The van der Waals surface area contributed by atoms with E-state index in [9.17, 15) is 60.7 Å². The van der Waals surface area contributed by atoms with Gasteiger partial charge in [0.05, 0.1) is 0 Å². The zero-order valence-electron chi connectivity index (χ0n) is 25.4. The molecule has 0 saturated carbocycles. The molecule has 1 rings (SSSR count). The third-order valence-corrected chi connectivity index (χ3v) is 1.59. The molecule has 39 heteroatoms. The van der Waals surface area contributed by atoms with Crippen LogP contribution in [0.25, 0.3) is 0 Å². The maximum absolute atomic E-state index is 10.7. The van der Waals surface area contributed by atoms with Crippen LogP contribution in [0, 0.1) is 10.2 Å². The van der Waals surface area contributed by atoms with Gasteiger partial charge < -0.3 is 85.0 Å². The molecule has 0 radical (unpaired) electrons. The SMILES string of the molecule is F[B-](F)(F)F.F[P-](F)(F)(F)(F)F.O=S(=O)([O-])C(F)(F)F.[Br-].[Cl-].[F-].[I-].[Li+].[Li+].[Li+].[Li+].[Li+].[Li+].[Li+].[Li+].[Li+].[Li+].[O-][Cl+3]([O-])([O-])[O-].[O-]c1ccccc1. The van der Waals surface area contributed by atoms with Gasteiger partial charge in [-0.05, 0) is 0 Å². The second-order valence-corrected chi connectivity index (χ2v) is 8.09. The number of rotatable bonds is 0. The van der Waals surface area contributed by atoms with E-state index < -0.39 is 40.9 Å². The standard InChI is InChI=1S/C6H6O.CHF3O3S.BF4.BrH.ClHO4.ClH.F6P.FH.HI.10Li/c7-6-4-2-1-3-5-6;2-1(3,4)8(5,6)7;2-1(3,4)5;;2-1(3,4)5;;1-7(2,3,4,5)6;;;;;;;;;;;;/h1-5,7H;(H,5,6,7);;1H;(H,2,3,4,5);1H;;2*1H;;;;;;;;;;/q;;-1;;;;-1;;;10*+1/p-7. The Labute approximate surface area is 409 Å². The molecule has 46 heavy (non-hydrogen) atoms. The maximum Gasteiger partial charge on any atom is 1.00 e. The Morgan fingerprint density at radius 3 is 0.804 bits per heavy atom. The molecule has 0 aromatic heterocycles. The van der Waals surface area contributed by atoms with E-state index in [1.165, 1.54) is 12.1 Å². The van der Waals surface area contributed by atoms with Crippen LogP contribution in [0.1, 0.15) is 0 Å². The van der Waals surface area contributed by atoms with Crippen LogP contribution in [0.3, 0.4) is 0 Å². The Kier molecular flexibility index (Phi) is 116. The van der Waals surface area contributed by atoms with E-state index in [-0.39, 0.29) is 252 Å². The molecule has 0 saturated heterocycles. The fourth-order valence-corrected chi connectivity index (χ4v) is 0.420.